The molecule has 0 atom stereocenters. The van der Waals surface area contributed by atoms with E-state index in [1.807, 2.05) is 15.3 Å². The molecule has 2 aromatic carbocycles. The molecule has 5 aromatic rings. The van der Waals surface area contributed by atoms with Gasteiger partial charge in [0.15, 0.2) is 23.9 Å². The lowest BCUT2D eigenvalue weighted by Gasteiger charge is -2.13. The number of aromatic nitrogens is 4. The van der Waals surface area contributed by atoms with Gasteiger partial charge in [0.1, 0.15) is 35.3 Å². The average molecular weight is 587 g/mol. The molecule has 3 aromatic heterocycles. The van der Waals surface area contributed by atoms with Gasteiger partial charge in [0.2, 0.25) is 17.9 Å². The lowest BCUT2D eigenvalue weighted by molar-refractivity contribution is -0.701. The Morgan fingerprint density at radius 3 is 2.37 bits per heavy atom. The van der Waals surface area contributed by atoms with Crippen molar-refractivity contribution in [3.8, 4) is 34.8 Å². The Morgan fingerprint density at radius 1 is 1.05 bits per heavy atom. The minimum atomic E-state index is -0.579. The third-order valence-corrected chi connectivity index (χ3v) is 6.69. The van der Waals surface area contributed by atoms with Crippen molar-refractivity contribution in [2.24, 2.45) is 0 Å². The van der Waals surface area contributed by atoms with E-state index in [-0.39, 0.29) is 30.6 Å². The monoisotopic (exact) mass is 586 g/mol. The van der Waals surface area contributed by atoms with Gasteiger partial charge in [0.25, 0.3) is 0 Å². The minimum Gasteiger partial charge on any atom is -0.495 e. The van der Waals surface area contributed by atoms with E-state index in [0.29, 0.717) is 50.8 Å². The lowest BCUT2D eigenvalue weighted by atomic mass is 10.0. The number of rotatable bonds is 11. The van der Waals surface area contributed by atoms with E-state index in [4.69, 9.17) is 28.5 Å². The smallest absolute Gasteiger partial charge is 0.433 e. The van der Waals surface area contributed by atoms with Crippen LogP contribution in [0.25, 0.3) is 10.9 Å². The third kappa shape index (κ3) is 5.45. The number of benzene rings is 2. The molecule has 5 rings (SSSR count). The Morgan fingerprint density at radius 2 is 1.77 bits per heavy atom. The van der Waals surface area contributed by atoms with E-state index in [1.54, 1.807) is 61.6 Å². The van der Waals surface area contributed by atoms with Gasteiger partial charge in [-0.1, -0.05) is 5.92 Å². The molecule has 0 fully saturated rings. The van der Waals surface area contributed by atoms with Crippen LogP contribution >= 0.6 is 0 Å². The van der Waals surface area contributed by atoms with E-state index >= 15 is 0 Å². The van der Waals surface area contributed by atoms with Crippen molar-refractivity contribution in [2.75, 3.05) is 28.4 Å². The first-order valence-electron chi connectivity index (χ1n) is 12.9. The Balaban J connectivity index is 1.58. The van der Waals surface area contributed by atoms with E-state index in [9.17, 15) is 14.9 Å². The third-order valence-electron chi connectivity index (χ3n) is 6.69. The summed E-state index contributed by atoms with van der Waals surface area (Å²) in [6.45, 7) is 2.22. The molecular formula is C30H28N5O8+. The number of ketones is 1. The zero-order valence-electron chi connectivity index (χ0n) is 24.1. The zero-order chi connectivity index (χ0) is 30.7. The molecule has 0 unspecified atom stereocenters. The lowest BCUT2D eigenvalue weighted by Crippen LogP contribution is -2.36. The molecule has 13 heteroatoms. The quantitative estimate of drug-likeness (QED) is 0.0744. The van der Waals surface area contributed by atoms with E-state index in [2.05, 4.69) is 11.8 Å². The predicted molar refractivity (Wildman–Crippen MR) is 153 cm³/mol. The topological polar surface area (TPSA) is 137 Å². The minimum absolute atomic E-state index is 0.203. The molecule has 0 aliphatic carbocycles. The predicted octanol–water partition coefficient (Wildman–Crippen LogP) is 3.82. The number of methoxy groups -OCH3 is 4. The molecule has 43 heavy (non-hydrogen) atoms. The molecule has 3 heterocycles. The molecular weight excluding hydrogens is 558 g/mol. The molecule has 0 aliphatic heterocycles. The van der Waals surface area contributed by atoms with Crippen LogP contribution in [0.5, 0.6) is 23.0 Å². The first-order valence-corrected chi connectivity index (χ1v) is 12.9. The number of nitrogens with zero attached hydrogens (tertiary/aromatic N) is 5. The van der Waals surface area contributed by atoms with Crippen molar-refractivity contribution >= 4 is 22.6 Å². The summed E-state index contributed by atoms with van der Waals surface area (Å²) < 4.78 is 32.5. The van der Waals surface area contributed by atoms with Crippen molar-refractivity contribution in [3.05, 3.63) is 87.8 Å². The molecule has 0 saturated carbocycles. The van der Waals surface area contributed by atoms with Gasteiger partial charge in [-0.2, -0.15) is 5.10 Å². The second-order valence-electron chi connectivity index (χ2n) is 9.24. The highest BCUT2D eigenvalue weighted by Gasteiger charge is 2.26. The van der Waals surface area contributed by atoms with Crippen LogP contribution < -0.4 is 23.5 Å². The summed E-state index contributed by atoms with van der Waals surface area (Å²) in [7, 11) is 6.00. The number of nitro groups is 1. The average Bonchev–Trinajstić information content (AvgIpc) is 3.76. The van der Waals surface area contributed by atoms with Gasteiger partial charge < -0.3 is 23.4 Å². The van der Waals surface area contributed by atoms with Crippen molar-refractivity contribution < 1.29 is 37.6 Å². The van der Waals surface area contributed by atoms with Gasteiger partial charge in [0, 0.05) is 10.9 Å². The van der Waals surface area contributed by atoms with Gasteiger partial charge in [-0.3, -0.25) is 14.9 Å². The molecule has 0 saturated heterocycles. The molecule has 220 valence electrons. The highest BCUT2D eigenvalue weighted by atomic mass is 16.6. The van der Waals surface area contributed by atoms with Gasteiger partial charge in [-0.15, -0.1) is 5.92 Å². The van der Waals surface area contributed by atoms with Crippen molar-refractivity contribution in [3.63, 3.8) is 0 Å². The molecule has 13 nitrogen and oxygen atoms in total. The molecule has 0 radical (unpaired) electrons. The maximum Gasteiger partial charge on any atom is 0.433 e. The summed E-state index contributed by atoms with van der Waals surface area (Å²) in [6.07, 6.45) is 5.42. The summed E-state index contributed by atoms with van der Waals surface area (Å²) in [4.78, 5) is 24.4. The number of carbonyl (C=O) groups excluding carboxylic acids is 1. The summed E-state index contributed by atoms with van der Waals surface area (Å²) in [6, 6.07) is 9.58. The highest BCUT2D eigenvalue weighted by Crippen LogP contribution is 2.39. The zero-order valence-corrected chi connectivity index (χ0v) is 24.1. The SMILES string of the molecule is CC#Cc1c(OC)ccc2c(C(=O)c3cc(OC)c(OC)c(OC)c3)nn(C[n+]3ccn(Cc4ccc([N+](=O)[O-])o4)c3)c12. The number of carbonyl (C=O) groups is 1. The van der Waals surface area contributed by atoms with Crippen LogP contribution in [0.4, 0.5) is 5.88 Å². The fourth-order valence-corrected chi connectivity index (χ4v) is 4.79. The summed E-state index contributed by atoms with van der Waals surface area (Å²) in [5.74, 6) is 7.37. The van der Waals surface area contributed by atoms with Crippen LogP contribution in [0, 0.1) is 22.0 Å². The van der Waals surface area contributed by atoms with Gasteiger partial charge in [-0.05, 0) is 37.3 Å². The number of hydrogen-bond donors (Lipinski definition) is 0. The van der Waals surface area contributed by atoms with Crippen LogP contribution in [0.1, 0.15) is 34.3 Å². The van der Waals surface area contributed by atoms with Crippen LogP contribution in [-0.2, 0) is 13.2 Å². The first kappa shape index (κ1) is 28.7. The summed E-state index contributed by atoms with van der Waals surface area (Å²) in [5, 5.41) is 16.3. The molecule has 0 N–H and O–H groups in total. The molecule has 0 aliphatic rings. The number of hydrogen-bond acceptors (Lipinski definition) is 9. The Labute approximate surface area is 245 Å². The number of fused-ring (bicyclic) bond motifs is 1. The maximum atomic E-state index is 14.0. The number of imidazole rings is 1. The maximum absolute atomic E-state index is 14.0. The first-order chi connectivity index (χ1) is 20.8. The van der Waals surface area contributed by atoms with Crippen molar-refractivity contribution in [1.29, 1.82) is 0 Å². The van der Waals surface area contributed by atoms with E-state index < -0.39 is 4.92 Å². The second kappa shape index (κ2) is 12.0. The number of ether oxygens (including phenoxy) is 4. The normalized spacial score (nSPS) is 10.7. The summed E-state index contributed by atoms with van der Waals surface area (Å²) >= 11 is 0. The van der Waals surface area contributed by atoms with Gasteiger partial charge in [0.05, 0.1) is 45.6 Å². The summed E-state index contributed by atoms with van der Waals surface area (Å²) in [5.41, 5.74) is 1.70. The fraction of sp³-hybridized carbons (Fsp3) is 0.233. The molecule has 0 spiro atoms. The Bertz CT molecular complexity index is 1880. The Kier molecular flexibility index (Phi) is 8.02. The standard InChI is InChI=1S/C30H28N5O8/c1-6-7-21-23(39-2)10-9-22-27(29(36)19-14-24(40-3)30(42-5)25(15-19)41-4)31-34(28(21)22)18-33-13-12-32(17-33)16-20-8-11-26(43-20)35(37)38/h8-15,17H,16,18H2,1-5H3/q+1. The largest absolute Gasteiger partial charge is 0.495 e. The number of furan rings is 1. The van der Waals surface area contributed by atoms with E-state index in [0.717, 1.165) is 0 Å². The van der Waals surface area contributed by atoms with Crippen molar-refractivity contribution in [1.82, 2.24) is 14.3 Å². The van der Waals surface area contributed by atoms with Crippen LogP contribution in [0.15, 0.2) is 59.5 Å². The van der Waals surface area contributed by atoms with Crippen LogP contribution in [-0.4, -0.2) is 53.5 Å². The Hall–Kier alpha value is -5.77. The van der Waals surface area contributed by atoms with Crippen LogP contribution in [0.3, 0.4) is 0 Å². The molecule has 0 amide bonds. The van der Waals surface area contributed by atoms with E-state index in [1.165, 1.54) is 27.4 Å². The van der Waals surface area contributed by atoms with Crippen molar-refractivity contribution in [2.45, 2.75) is 20.1 Å². The fourth-order valence-electron chi connectivity index (χ4n) is 4.79. The molecule has 0 bridgehead atoms. The van der Waals surface area contributed by atoms with Gasteiger partial charge in [-0.25, -0.2) is 13.8 Å². The highest BCUT2D eigenvalue weighted by molar-refractivity contribution is 6.16. The second-order valence-corrected chi connectivity index (χ2v) is 9.24. The van der Waals surface area contributed by atoms with Crippen LogP contribution in [0.2, 0.25) is 0 Å². The van der Waals surface area contributed by atoms with Gasteiger partial charge >= 0.3 is 5.88 Å².